The number of amides is 1. The van der Waals surface area contributed by atoms with Crippen LogP contribution in [0, 0.1) is 5.82 Å². The van der Waals surface area contributed by atoms with Crippen molar-refractivity contribution >= 4 is 23.4 Å². The minimum absolute atomic E-state index is 0.0416. The van der Waals surface area contributed by atoms with Gasteiger partial charge in [0.2, 0.25) is 11.1 Å². The normalized spacial score (nSPS) is 12.0. The summed E-state index contributed by atoms with van der Waals surface area (Å²) in [4.78, 5) is 14.6. The molecule has 8 heteroatoms. The second-order valence-electron chi connectivity index (χ2n) is 5.86. The van der Waals surface area contributed by atoms with Gasteiger partial charge < -0.3 is 10.7 Å². The molecule has 2 N–H and O–H groups in total. The fourth-order valence-corrected chi connectivity index (χ4v) is 3.49. The SMILES string of the molecule is CCN(C(=O)C(C)Sc1nnc(-c2ccc(F)cc2)n1N)c1ccccc1. The predicted molar refractivity (Wildman–Crippen MR) is 105 cm³/mol. The molecule has 1 heterocycles. The summed E-state index contributed by atoms with van der Waals surface area (Å²) >= 11 is 1.23. The molecule has 140 valence electrons. The van der Waals surface area contributed by atoms with E-state index < -0.39 is 5.25 Å². The van der Waals surface area contributed by atoms with Gasteiger partial charge in [-0.25, -0.2) is 9.07 Å². The third kappa shape index (κ3) is 4.11. The summed E-state index contributed by atoms with van der Waals surface area (Å²) in [6, 6.07) is 15.3. The molecule has 2 aromatic carbocycles. The van der Waals surface area contributed by atoms with Gasteiger partial charge in [0.15, 0.2) is 5.82 Å². The van der Waals surface area contributed by atoms with Crippen LogP contribution in [0.1, 0.15) is 13.8 Å². The molecule has 0 fully saturated rings. The van der Waals surface area contributed by atoms with Gasteiger partial charge in [0.05, 0.1) is 5.25 Å². The van der Waals surface area contributed by atoms with Crippen molar-refractivity contribution in [3.63, 3.8) is 0 Å². The van der Waals surface area contributed by atoms with E-state index in [0.717, 1.165) is 5.69 Å². The number of carbonyl (C=O) groups is 1. The van der Waals surface area contributed by atoms with E-state index in [1.165, 1.54) is 28.6 Å². The van der Waals surface area contributed by atoms with Crippen LogP contribution >= 0.6 is 11.8 Å². The Morgan fingerprint density at radius 1 is 1.19 bits per heavy atom. The first-order valence-electron chi connectivity index (χ1n) is 8.50. The summed E-state index contributed by atoms with van der Waals surface area (Å²) < 4.78 is 14.4. The molecule has 1 atom stereocenters. The molecular weight excluding hydrogens is 365 g/mol. The number of rotatable bonds is 6. The van der Waals surface area contributed by atoms with Crippen molar-refractivity contribution in [1.29, 1.82) is 0 Å². The summed E-state index contributed by atoms with van der Waals surface area (Å²) in [5, 5.41) is 8.16. The lowest BCUT2D eigenvalue weighted by Crippen LogP contribution is -2.36. The number of benzene rings is 2. The highest BCUT2D eigenvalue weighted by molar-refractivity contribution is 8.00. The van der Waals surface area contributed by atoms with Gasteiger partial charge in [-0.3, -0.25) is 4.79 Å². The molecule has 6 nitrogen and oxygen atoms in total. The quantitative estimate of drug-likeness (QED) is 0.520. The van der Waals surface area contributed by atoms with Crippen molar-refractivity contribution in [3.8, 4) is 11.4 Å². The highest BCUT2D eigenvalue weighted by atomic mass is 32.2. The molecule has 1 unspecified atom stereocenters. The van der Waals surface area contributed by atoms with Gasteiger partial charge in [-0.2, -0.15) is 0 Å². The first kappa shape index (κ1) is 18.9. The Morgan fingerprint density at radius 3 is 2.48 bits per heavy atom. The Hall–Kier alpha value is -2.87. The number of nitrogens with zero attached hydrogens (tertiary/aromatic N) is 4. The van der Waals surface area contributed by atoms with E-state index in [9.17, 15) is 9.18 Å². The van der Waals surface area contributed by atoms with E-state index in [-0.39, 0.29) is 11.7 Å². The van der Waals surface area contributed by atoms with Gasteiger partial charge >= 0.3 is 0 Å². The van der Waals surface area contributed by atoms with Crippen LogP contribution in [0.15, 0.2) is 59.8 Å². The molecule has 0 radical (unpaired) electrons. The second kappa shape index (κ2) is 8.22. The maximum Gasteiger partial charge on any atom is 0.240 e. The molecule has 27 heavy (non-hydrogen) atoms. The topological polar surface area (TPSA) is 77.0 Å². The molecule has 0 bridgehead atoms. The molecule has 0 aliphatic rings. The molecule has 0 aliphatic carbocycles. The number of thioether (sulfide) groups is 1. The van der Waals surface area contributed by atoms with E-state index in [2.05, 4.69) is 10.2 Å². The fraction of sp³-hybridized carbons (Fsp3) is 0.211. The van der Waals surface area contributed by atoms with Crippen LogP contribution in [0.2, 0.25) is 0 Å². The smallest absolute Gasteiger partial charge is 0.240 e. The van der Waals surface area contributed by atoms with Crippen LogP contribution in [-0.4, -0.2) is 32.6 Å². The summed E-state index contributed by atoms with van der Waals surface area (Å²) in [7, 11) is 0. The van der Waals surface area contributed by atoms with Crippen molar-refractivity contribution in [2.75, 3.05) is 17.3 Å². The third-order valence-electron chi connectivity index (χ3n) is 4.05. The molecule has 3 aromatic rings. The van der Waals surface area contributed by atoms with Crippen molar-refractivity contribution in [1.82, 2.24) is 14.9 Å². The van der Waals surface area contributed by atoms with Crippen LogP contribution in [0.25, 0.3) is 11.4 Å². The maximum absolute atomic E-state index is 13.1. The van der Waals surface area contributed by atoms with Crippen LogP contribution in [0.5, 0.6) is 0 Å². The van der Waals surface area contributed by atoms with Crippen LogP contribution < -0.4 is 10.7 Å². The highest BCUT2D eigenvalue weighted by Gasteiger charge is 2.24. The van der Waals surface area contributed by atoms with E-state index in [0.29, 0.717) is 23.1 Å². The minimum Gasteiger partial charge on any atom is -0.335 e. The van der Waals surface area contributed by atoms with Crippen molar-refractivity contribution in [2.24, 2.45) is 0 Å². The number of nitrogens with two attached hydrogens (primary N) is 1. The fourth-order valence-electron chi connectivity index (χ4n) is 2.65. The van der Waals surface area contributed by atoms with Gasteiger partial charge in [-0.15, -0.1) is 10.2 Å². The lowest BCUT2D eigenvalue weighted by molar-refractivity contribution is -0.117. The first-order chi connectivity index (χ1) is 13.0. The number of para-hydroxylation sites is 1. The summed E-state index contributed by atoms with van der Waals surface area (Å²) in [5.41, 5.74) is 1.50. The zero-order valence-corrected chi connectivity index (χ0v) is 15.9. The average molecular weight is 385 g/mol. The molecule has 0 aliphatic heterocycles. The van der Waals surface area contributed by atoms with E-state index in [4.69, 9.17) is 5.84 Å². The molecule has 0 spiro atoms. The van der Waals surface area contributed by atoms with Gasteiger partial charge in [0, 0.05) is 17.8 Å². The maximum atomic E-state index is 13.1. The monoisotopic (exact) mass is 385 g/mol. The standard InChI is InChI=1S/C19H20FN5OS/c1-3-24(16-7-5-4-6-8-16)18(26)13(2)27-19-23-22-17(25(19)21)14-9-11-15(20)12-10-14/h4-13H,3,21H2,1-2H3. The molecule has 0 saturated heterocycles. The van der Waals surface area contributed by atoms with Crippen molar-refractivity contribution in [2.45, 2.75) is 24.3 Å². The first-order valence-corrected chi connectivity index (χ1v) is 9.38. The number of nitrogen functional groups attached to an aromatic ring is 1. The van der Waals surface area contributed by atoms with Crippen molar-refractivity contribution < 1.29 is 9.18 Å². The largest absolute Gasteiger partial charge is 0.335 e. The lowest BCUT2D eigenvalue weighted by atomic mass is 10.2. The zero-order valence-electron chi connectivity index (χ0n) is 15.0. The Labute approximate surface area is 161 Å². The van der Waals surface area contributed by atoms with Gasteiger partial charge in [-0.05, 0) is 50.2 Å². The molecule has 1 amide bonds. The number of carbonyl (C=O) groups excluding carboxylic acids is 1. The average Bonchev–Trinajstić information content (AvgIpc) is 3.04. The second-order valence-corrected chi connectivity index (χ2v) is 7.17. The van der Waals surface area contributed by atoms with Gasteiger partial charge in [-0.1, -0.05) is 30.0 Å². The number of hydrogen-bond acceptors (Lipinski definition) is 5. The van der Waals surface area contributed by atoms with Gasteiger partial charge in [0.1, 0.15) is 5.82 Å². The van der Waals surface area contributed by atoms with Gasteiger partial charge in [0.25, 0.3) is 0 Å². The predicted octanol–water partition coefficient (Wildman–Crippen LogP) is 3.33. The number of aromatic nitrogens is 3. The minimum atomic E-state index is -0.405. The summed E-state index contributed by atoms with van der Waals surface area (Å²) in [6.45, 7) is 4.30. The van der Waals surface area contributed by atoms with E-state index in [1.807, 2.05) is 44.2 Å². The Morgan fingerprint density at radius 2 is 1.85 bits per heavy atom. The molecule has 0 saturated carbocycles. The Bertz CT molecular complexity index is 914. The van der Waals surface area contributed by atoms with E-state index >= 15 is 0 Å². The Balaban J connectivity index is 1.77. The zero-order chi connectivity index (χ0) is 19.4. The van der Waals surface area contributed by atoms with Crippen LogP contribution in [0.3, 0.4) is 0 Å². The Kier molecular flexibility index (Phi) is 5.75. The molecular formula is C19H20FN5OS. The number of hydrogen-bond donors (Lipinski definition) is 1. The highest BCUT2D eigenvalue weighted by Crippen LogP contribution is 2.27. The van der Waals surface area contributed by atoms with E-state index in [1.54, 1.807) is 17.0 Å². The van der Waals surface area contributed by atoms with Crippen LogP contribution in [0.4, 0.5) is 10.1 Å². The summed E-state index contributed by atoms with van der Waals surface area (Å²) in [5.74, 6) is 6.13. The molecule has 3 rings (SSSR count). The van der Waals surface area contributed by atoms with Crippen LogP contribution in [-0.2, 0) is 4.79 Å². The third-order valence-corrected chi connectivity index (χ3v) is 5.09. The van der Waals surface area contributed by atoms with Crippen molar-refractivity contribution in [3.05, 3.63) is 60.4 Å². The summed E-state index contributed by atoms with van der Waals surface area (Å²) in [6.07, 6.45) is 0. The molecule has 1 aromatic heterocycles. The number of anilines is 1. The lowest BCUT2D eigenvalue weighted by Gasteiger charge is -2.24. The number of halogens is 1.